The molecule has 1 unspecified atom stereocenters. The van der Waals surface area contributed by atoms with Crippen molar-refractivity contribution in [2.75, 3.05) is 5.32 Å². The molecule has 2 heteroatoms. The Morgan fingerprint density at radius 1 is 0.793 bits per heavy atom. The number of anilines is 1. The molecule has 0 amide bonds. The molecule has 0 bridgehead atoms. The van der Waals surface area contributed by atoms with E-state index in [2.05, 4.69) is 108 Å². The van der Waals surface area contributed by atoms with E-state index in [1.54, 1.807) is 0 Å². The highest BCUT2D eigenvalue weighted by Crippen LogP contribution is 2.44. The third-order valence-electron chi connectivity index (χ3n) is 6.13. The molecule has 1 aromatic heterocycles. The third kappa shape index (κ3) is 2.49. The van der Waals surface area contributed by atoms with Crippen molar-refractivity contribution >= 4 is 27.5 Å². The van der Waals surface area contributed by atoms with E-state index in [1.807, 2.05) is 0 Å². The molecule has 6 rings (SSSR count). The molecule has 1 aliphatic rings. The second-order valence-electron chi connectivity index (χ2n) is 8.00. The van der Waals surface area contributed by atoms with Crippen LogP contribution in [-0.4, -0.2) is 4.57 Å². The van der Waals surface area contributed by atoms with Crippen LogP contribution in [0.1, 0.15) is 22.7 Å². The van der Waals surface area contributed by atoms with E-state index in [0.717, 1.165) is 6.42 Å². The summed E-state index contributed by atoms with van der Waals surface area (Å²) in [6, 6.07) is 33.2. The largest absolute Gasteiger partial charge is 0.377 e. The smallest absolute Gasteiger partial charge is 0.0562 e. The van der Waals surface area contributed by atoms with E-state index < -0.39 is 0 Å². The number of benzene rings is 4. The summed E-state index contributed by atoms with van der Waals surface area (Å²) < 4.78 is 2.40. The van der Waals surface area contributed by atoms with Crippen LogP contribution in [0.4, 0.5) is 5.69 Å². The van der Waals surface area contributed by atoms with Crippen molar-refractivity contribution in [3.05, 3.63) is 108 Å². The highest BCUT2D eigenvalue weighted by molar-refractivity contribution is 6.16. The fourth-order valence-corrected chi connectivity index (χ4v) is 4.82. The van der Waals surface area contributed by atoms with Crippen molar-refractivity contribution in [3.63, 3.8) is 0 Å². The molecular formula is C27H22N2. The lowest BCUT2D eigenvalue weighted by Gasteiger charge is -2.12. The number of nitrogens with one attached hydrogen (secondary N) is 1. The predicted molar refractivity (Wildman–Crippen MR) is 122 cm³/mol. The fourth-order valence-electron chi connectivity index (χ4n) is 4.82. The van der Waals surface area contributed by atoms with Gasteiger partial charge in [-0.15, -0.1) is 0 Å². The minimum absolute atomic E-state index is 0.331. The Bertz CT molecular complexity index is 1360. The average molecular weight is 374 g/mol. The first-order chi connectivity index (χ1) is 14.3. The number of rotatable bonds is 2. The van der Waals surface area contributed by atoms with Crippen molar-refractivity contribution in [1.82, 2.24) is 4.57 Å². The second-order valence-corrected chi connectivity index (χ2v) is 8.00. The molecule has 1 atom stereocenters. The van der Waals surface area contributed by atoms with Crippen LogP contribution in [0, 0.1) is 6.92 Å². The molecule has 0 aliphatic carbocycles. The summed E-state index contributed by atoms with van der Waals surface area (Å²) in [5, 5.41) is 6.49. The quantitative estimate of drug-likeness (QED) is 0.359. The number of nitrogens with zero attached hydrogens (tertiary/aromatic N) is 1. The number of hydrogen-bond acceptors (Lipinski definition) is 1. The molecule has 5 aromatic rings. The van der Waals surface area contributed by atoms with Gasteiger partial charge in [0.15, 0.2) is 0 Å². The zero-order valence-corrected chi connectivity index (χ0v) is 16.4. The van der Waals surface area contributed by atoms with Gasteiger partial charge in [-0.1, -0.05) is 66.7 Å². The molecular weight excluding hydrogens is 352 g/mol. The van der Waals surface area contributed by atoms with Gasteiger partial charge in [0.2, 0.25) is 0 Å². The van der Waals surface area contributed by atoms with Gasteiger partial charge in [0.25, 0.3) is 0 Å². The van der Waals surface area contributed by atoms with Crippen LogP contribution in [-0.2, 0) is 6.42 Å². The number of aromatic nitrogens is 1. The lowest BCUT2D eigenvalue weighted by molar-refractivity contribution is 0.824. The molecule has 140 valence electrons. The van der Waals surface area contributed by atoms with Gasteiger partial charge in [-0.25, -0.2) is 0 Å². The van der Waals surface area contributed by atoms with Crippen LogP contribution in [0.15, 0.2) is 91.0 Å². The Labute approximate surface area is 170 Å². The van der Waals surface area contributed by atoms with Crippen molar-refractivity contribution in [1.29, 1.82) is 0 Å². The number of fused-ring (bicyclic) bond motifs is 5. The molecule has 2 nitrogen and oxygen atoms in total. The number of aryl methyl sites for hydroxylation is 1. The lowest BCUT2D eigenvalue weighted by Crippen LogP contribution is -2.05. The summed E-state index contributed by atoms with van der Waals surface area (Å²) in [6.07, 6.45) is 1.03. The molecule has 0 saturated carbocycles. The topological polar surface area (TPSA) is 17.0 Å². The SMILES string of the molecule is Cc1cccc(-n2c3ccccc3c3c4c(ccc32)CC(c2ccccc2)N4)c1. The maximum atomic E-state index is 3.85. The Morgan fingerprint density at radius 3 is 2.48 bits per heavy atom. The van der Waals surface area contributed by atoms with Crippen molar-refractivity contribution in [3.8, 4) is 5.69 Å². The predicted octanol–water partition coefficient (Wildman–Crippen LogP) is 6.80. The van der Waals surface area contributed by atoms with Crippen LogP contribution in [0.25, 0.3) is 27.5 Å². The van der Waals surface area contributed by atoms with E-state index in [9.17, 15) is 0 Å². The molecule has 0 spiro atoms. The van der Waals surface area contributed by atoms with Gasteiger partial charge in [0.1, 0.15) is 0 Å². The summed E-state index contributed by atoms with van der Waals surface area (Å²) in [5.74, 6) is 0. The Morgan fingerprint density at radius 2 is 1.62 bits per heavy atom. The van der Waals surface area contributed by atoms with Gasteiger partial charge in [-0.3, -0.25) is 0 Å². The lowest BCUT2D eigenvalue weighted by atomic mass is 10.0. The van der Waals surface area contributed by atoms with Crippen LogP contribution in [0.2, 0.25) is 0 Å². The minimum Gasteiger partial charge on any atom is -0.377 e. The van der Waals surface area contributed by atoms with Gasteiger partial charge in [0, 0.05) is 22.1 Å². The maximum Gasteiger partial charge on any atom is 0.0562 e. The van der Waals surface area contributed by atoms with Gasteiger partial charge in [-0.05, 0) is 54.3 Å². The monoisotopic (exact) mass is 374 g/mol. The molecule has 2 heterocycles. The zero-order chi connectivity index (χ0) is 19.4. The molecule has 0 saturated heterocycles. The first-order valence-electron chi connectivity index (χ1n) is 10.2. The first kappa shape index (κ1) is 16.4. The van der Waals surface area contributed by atoms with E-state index in [4.69, 9.17) is 0 Å². The highest BCUT2D eigenvalue weighted by Gasteiger charge is 2.26. The van der Waals surface area contributed by atoms with Crippen LogP contribution >= 0.6 is 0 Å². The minimum atomic E-state index is 0.331. The van der Waals surface area contributed by atoms with Crippen molar-refractivity contribution in [2.24, 2.45) is 0 Å². The molecule has 4 aromatic carbocycles. The molecule has 0 radical (unpaired) electrons. The Hall–Kier alpha value is -3.52. The third-order valence-corrected chi connectivity index (χ3v) is 6.13. The van der Waals surface area contributed by atoms with E-state index in [1.165, 1.54) is 49.9 Å². The highest BCUT2D eigenvalue weighted by atomic mass is 15.0. The van der Waals surface area contributed by atoms with Gasteiger partial charge < -0.3 is 9.88 Å². The summed E-state index contributed by atoms with van der Waals surface area (Å²) >= 11 is 0. The summed E-state index contributed by atoms with van der Waals surface area (Å²) in [4.78, 5) is 0. The molecule has 1 aliphatic heterocycles. The van der Waals surface area contributed by atoms with Gasteiger partial charge >= 0.3 is 0 Å². The Balaban J connectivity index is 1.62. The normalized spacial score (nSPS) is 15.6. The maximum absolute atomic E-state index is 3.85. The van der Waals surface area contributed by atoms with Gasteiger partial charge in [-0.2, -0.15) is 0 Å². The van der Waals surface area contributed by atoms with E-state index in [0.29, 0.717) is 6.04 Å². The standard InChI is InChI=1S/C27H22N2/c1-18-8-7-11-21(16-18)29-24-13-6-5-12-22(24)26-25(29)15-14-20-17-23(28-27(20)26)19-9-3-2-4-10-19/h2-16,23,28H,17H2,1H3. The van der Waals surface area contributed by atoms with Crippen LogP contribution < -0.4 is 5.32 Å². The molecule has 0 fully saturated rings. The van der Waals surface area contributed by atoms with Crippen molar-refractivity contribution in [2.45, 2.75) is 19.4 Å². The average Bonchev–Trinajstić information content (AvgIpc) is 3.33. The van der Waals surface area contributed by atoms with Crippen LogP contribution in [0.5, 0.6) is 0 Å². The zero-order valence-electron chi connectivity index (χ0n) is 16.4. The summed E-state index contributed by atoms with van der Waals surface area (Å²) in [5.41, 5.74) is 9.05. The van der Waals surface area contributed by atoms with Crippen LogP contribution in [0.3, 0.4) is 0 Å². The second kappa shape index (κ2) is 6.25. The summed E-state index contributed by atoms with van der Waals surface area (Å²) in [6.45, 7) is 2.15. The van der Waals surface area contributed by atoms with E-state index >= 15 is 0 Å². The number of para-hydroxylation sites is 1. The van der Waals surface area contributed by atoms with E-state index in [-0.39, 0.29) is 0 Å². The Kier molecular flexibility index (Phi) is 3.54. The summed E-state index contributed by atoms with van der Waals surface area (Å²) in [7, 11) is 0. The molecule has 1 N–H and O–H groups in total. The molecule has 29 heavy (non-hydrogen) atoms. The number of hydrogen-bond donors (Lipinski definition) is 1. The van der Waals surface area contributed by atoms with Gasteiger partial charge in [0.05, 0.1) is 17.1 Å². The van der Waals surface area contributed by atoms with Crippen molar-refractivity contribution < 1.29 is 0 Å². The first-order valence-corrected chi connectivity index (χ1v) is 10.2. The fraction of sp³-hybridized carbons (Fsp3) is 0.111.